The Hall–Kier alpha value is -2.34. The molecule has 1 heterocycles. The lowest BCUT2D eigenvalue weighted by atomic mass is 10.0. The van der Waals surface area contributed by atoms with Gasteiger partial charge in [-0.05, 0) is 44.9 Å². The lowest BCUT2D eigenvalue weighted by Gasteiger charge is -2.20. The SMILES string of the molecule is Cc1cccc(C)c1S(=O)N(C)C(=O)Oc1cccc2c1OC(C)(C)C2. The second kappa shape index (κ2) is 6.76. The van der Waals surface area contributed by atoms with E-state index >= 15 is 0 Å². The second-order valence-electron chi connectivity index (χ2n) is 7.12. The highest BCUT2D eigenvalue weighted by atomic mass is 32.2. The standard InChI is InChI=1S/C20H23NO4S/c1-13-8-6-9-14(2)18(13)26(23)21(5)19(22)24-16-11-7-10-15-12-20(3,4)25-17(15)16/h6-11H,12H2,1-5H3. The Kier molecular flexibility index (Phi) is 4.80. The van der Waals surface area contributed by atoms with Crippen LogP contribution in [0.2, 0.25) is 0 Å². The molecule has 5 nitrogen and oxygen atoms in total. The number of para-hydroxylation sites is 1. The molecule has 2 aromatic rings. The minimum Gasteiger partial charge on any atom is -0.483 e. The average Bonchev–Trinajstić information content (AvgIpc) is 2.88. The van der Waals surface area contributed by atoms with Gasteiger partial charge in [-0.2, -0.15) is 0 Å². The summed E-state index contributed by atoms with van der Waals surface area (Å²) in [6.45, 7) is 7.72. The number of amides is 1. The molecule has 1 aliphatic heterocycles. The van der Waals surface area contributed by atoms with Gasteiger partial charge >= 0.3 is 6.09 Å². The highest BCUT2D eigenvalue weighted by Gasteiger charge is 2.33. The van der Waals surface area contributed by atoms with Crippen molar-refractivity contribution in [2.24, 2.45) is 0 Å². The minimum absolute atomic E-state index is 0.335. The molecule has 0 saturated carbocycles. The summed E-state index contributed by atoms with van der Waals surface area (Å²) in [4.78, 5) is 13.2. The van der Waals surface area contributed by atoms with E-state index in [9.17, 15) is 9.00 Å². The topological polar surface area (TPSA) is 55.8 Å². The predicted octanol–water partition coefficient (Wildman–Crippen LogP) is 4.17. The van der Waals surface area contributed by atoms with Crippen LogP contribution < -0.4 is 9.47 Å². The molecule has 0 saturated heterocycles. The summed E-state index contributed by atoms with van der Waals surface area (Å²) in [5.41, 5.74) is 2.40. The van der Waals surface area contributed by atoms with Crippen LogP contribution in [0.15, 0.2) is 41.3 Å². The molecule has 0 spiro atoms. The first kappa shape index (κ1) is 18.5. The molecule has 138 valence electrons. The zero-order chi connectivity index (χ0) is 19.1. The Morgan fingerprint density at radius 1 is 1.15 bits per heavy atom. The van der Waals surface area contributed by atoms with Crippen LogP contribution in [-0.4, -0.2) is 27.3 Å². The van der Waals surface area contributed by atoms with Crippen molar-refractivity contribution in [3.05, 3.63) is 53.1 Å². The third kappa shape index (κ3) is 3.46. The number of aryl methyl sites for hydroxylation is 2. The Balaban J connectivity index is 1.82. The minimum atomic E-state index is -1.65. The van der Waals surface area contributed by atoms with Gasteiger partial charge in [-0.25, -0.2) is 13.3 Å². The Labute approximate surface area is 156 Å². The first-order chi connectivity index (χ1) is 12.2. The number of hydrogen-bond acceptors (Lipinski definition) is 4. The summed E-state index contributed by atoms with van der Waals surface area (Å²) in [5.74, 6) is 0.931. The third-order valence-electron chi connectivity index (χ3n) is 4.34. The van der Waals surface area contributed by atoms with Gasteiger partial charge in [0.1, 0.15) is 5.60 Å². The van der Waals surface area contributed by atoms with Gasteiger partial charge in [0.2, 0.25) is 0 Å². The van der Waals surface area contributed by atoms with Crippen LogP contribution in [0.4, 0.5) is 4.79 Å². The molecular formula is C20H23NO4S. The van der Waals surface area contributed by atoms with Gasteiger partial charge in [0.15, 0.2) is 22.5 Å². The normalized spacial score (nSPS) is 15.7. The maximum atomic E-state index is 12.9. The van der Waals surface area contributed by atoms with E-state index in [1.54, 1.807) is 6.07 Å². The van der Waals surface area contributed by atoms with E-state index in [-0.39, 0.29) is 5.60 Å². The zero-order valence-electron chi connectivity index (χ0n) is 15.7. The zero-order valence-corrected chi connectivity index (χ0v) is 16.5. The van der Waals surface area contributed by atoms with E-state index in [0.717, 1.165) is 27.4 Å². The lowest BCUT2D eigenvalue weighted by molar-refractivity contribution is 0.131. The largest absolute Gasteiger partial charge is 0.483 e. The van der Waals surface area contributed by atoms with Gasteiger partial charge in [0.05, 0.1) is 4.90 Å². The molecule has 1 aliphatic rings. The van der Waals surface area contributed by atoms with Gasteiger partial charge in [-0.1, -0.05) is 30.3 Å². The summed E-state index contributed by atoms with van der Waals surface area (Å²) in [6, 6.07) is 11.1. The van der Waals surface area contributed by atoms with Gasteiger partial charge in [-0.3, -0.25) is 0 Å². The molecule has 2 aromatic carbocycles. The highest BCUT2D eigenvalue weighted by molar-refractivity contribution is 7.83. The van der Waals surface area contributed by atoms with Crippen LogP contribution >= 0.6 is 0 Å². The van der Waals surface area contributed by atoms with Crippen molar-refractivity contribution in [1.29, 1.82) is 0 Å². The second-order valence-corrected chi connectivity index (χ2v) is 8.57. The summed E-state index contributed by atoms with van der Waals surface area (Å²) < 4.78 is 25.4. The quantitative estimate of drug-likeness (QED) is 0.810. The molecule has 26 heavy (non-hydrogen) atoms. The number of rotatable bonds is 3. The van der Waals surface area contributed by atoms with E-state index < -0.39 is 17.1 Å². The number of fused-ring (bicyclic) bond motifs is 1. The van der Waals surface area contributed by atoms with Gasteiger partial charge in [0, 0.05) is 19.0 Å². The molecule has 3 rings (SSSR count). The first-order valence-electron chi connectivity index (χ1n) is 8.44. The van der Waals surface area contributed by atoms with Crippen molar-refractivity contribution in [3.63, 3.8) is 0 Å². The Morgan fingerprint density at radius 3 is 2.42 bits per heavy atom. The summed E-state index contributed by atoms with van der Waals surface area (Å²) >= 11 is 0. The molecule has 0 radical (unpaired) electrons. The van der Waals surface area contributed by atoms with Crippen LogP contribution in [0.1, 0.15) is 30.5 Å². The van der Waals surface area contributed by atoms with Crippen molar-refractivity contribution in [3.8, 4) is 11.5 Å². The number of hydrogen-bond donors (Lipinski definition) is 0. The monoisotopic (exact) mass is 373 g/mol. The number of carbonyl (C=O) groups excluding carboxylic acids is 1. The van der Waals surface area contributed by atoms with E-state index in [2.05, 4.69) is 0 Å². The van der Waals surface area contributed by atoms with E-state index in [1.807, 2.05) is 58.0 Å². The Morgan fingerprint density at radius 2 is 1.77 bits per heavy atom. The van der Waals surface area contributed by atoms with Gasteiger partial charge in [-0.15, -0.1) is 0 Å². The molecule has 1 unspecified atom stereocenters. The first-order valence-corrected chi connectivity index (χ1v) is 9.55. The van der Waals surface area contributed by atoms with Crippen molar-refractivity contribution in [2.75, 3.05) is 7.05 Å². The van der Waals surface area contributed by atoms with E-state index in [0.29, 0.717) is 16.4 Å². The number of ether oxygens (including phenoxy) is 2. The molecule has 0 aromatic heterocycles. The van der Waals surface area contributed by atoms with Crippen molar-refractivity contribution in [2.45, 2.75) is 44.6 Å². The fourth-order valence-electron chi connectivity index (χ4n) is 3.11. The number of carbonyl (C=O) groups is 1. The molecule has 0 fully saturated rings. The van der Waals surface area contributed by atoms with E-state index in [1.165, 1.54) is 7.05 Å². The fourth-order valence-corrected chi connectivity index (χ4v) is 4.24. The lowest BCUT2D eigenvalue weighted by Crippen LogP contribution is -2.32. The maximum Gasteiger partial charge on any atom is 0.427 e. The summed E-state index contributed by atoms with van der Waals surface area (Å²) in [5, 5.41) is 0. The molecule has 0 bridgehead atoms. The molecule has 0 N–H and O–H groups in total. The van der Waals surface area contributed by atoms with Crippen LogP contribution in [0.25, 0.3) is 0 Å². The van der Waals surface area contributed by atoms with Crippen molar-refractivity contribution in [1.82, 2.24) is 4.31 Å². The maximum absolute atomic E-state index is 12.9. The van der Waals surface area contributed by atoms with Crippen LogP contribution in [0, 0.1) is 13.8 Å². The molecule has 0 aliphatic carbocycles. The molecule has 1 amide bonds. The molecule has 6 heteroatoms. The van der Waals surface area contributed by atoms with Crippen LogP contribution in [-0.2, 0) is 17.4 Å². The van der Waals surface area contributed by atoms with Crippen LogP contribution in [0.5, 0.6) is 11.5 Å². The van der Waals surface area contributed by atoms with Crippen LogP contribution in [0.3, 0.4) is 0 Å². The number of benzene rings is 2. The third-order valence-corrected chi connectivity index (χ3v) is 5.98. The fraction of sp³-hybridized carbons (Fsp3) is 0.350. The van der Waals surface area contributed by atoms with Gasteiger partial charge in [0.25, 0.3) is 0 Å². The Bertz CT molecular complexity index is 871. The van der Waals surface area contributed by atoms with E-state index in [4.69, 9.17) is 9.47 Å². The predicted molar refractivity (Wildman–Crippen MR) is 101 cm³/mol. The number of nitrogens with zero attached hydrogens (tertiary/aromatic N) is 1. The van der Waals surface area contributed by atoms with Crippen molar-refractivity contribution < 1.29 is 18.5 Å². The molecular weight excluding hydrogens is 350 g/mol. The highest BCUT2D eigenvalue weighted by Crippen LogP contribution is 2.42. The smallest absolute Gasteiger partial charge is 0.427 e. The van der Waals surface area contributed by atoms with Gasteiger partial charge < -0.3 is 9.47 Å². The average molecular weight is 373 g/mol. The van der Waals surface area contributed by atoms with Crippen molar-refractivity contribution >= 4 is 17.1 Å². The summed E-state index contributed by atoms with van der Waals surface area (Å²) in [7, 11) is -0.180. The summed E-state index contributed by atoms with van der Waals surface area (Å²) in [6.07, 6.45) is 0.0606. The molecule has 1 atom stereocenters.